The third-order valence-corrected chi connectivity index (χ3v) is 4.27. The van der Waals surface area contributed by atoms with Gasteiger partial charge in [0.1, 0.15) is 0 Å². The van der Waals surface area contributed by atoms with E-state index >= 15 is 0 Å². The summed E-state index contributed by atoms with van der Waals surface area (Å²) in [5.74, 6) is -0.432. The van der Waals surface area contributed by atoms with Gasteiger partial charge in [-0.3, -0.25) is 0 Å². The van der Waals surface area contributed by atoms with Crippen LogP contribution in [0.5, 0.6) is 0 Å². The second-order valence-electron chi connectivity index (χ2n) is 6.14. The summed E-state index contributed by atoms with van der Waals surface area (Å²) in [6.07, 6.45) is 7.71. The molecular weight excluding hydrogens is 292 g/mol. The maximum absolute atomic E-state index is 12.3. The topological polar surface area (TPSA) is 52.6 Å². The Hall–Kier alpha value is -1.84. The van der Waals surface area contributed by atoms with Gasteiger partial charge in [0, 0.05) is 0 Å². The molecule has 0 heterocycles. The molecule has 0 bridgehead atoms. The van der Waals surface area contributed by atoms with Gasteiger partial charge in [-0.25, -0.2) is 9.59 Å². The van der Waals surface area contributed by atoms with Crippen molar-refractivity contribution in [2.24, 2.45) is 5.92 Å². The van der Waals surface area contributed by atoms with Crippen molar-refractivity contribution < 1.29 is 19.1 Å². The average Bonchev–Trinajstić information content (AvgIpc) is 2.60. The average molecular weight is 318 g/mol. The summed E-state index contributed by atoms with van der Waals surface area (Å²) in [4.78, 5) is 24.4. The monoisotopic (exact) mass is 318 g/mol. The van der Waals surface area contributed by atoms with E-state index in [9.17, 15) is 9.59 Å². The van der Waals surface area contributed by atoms with E-state index in [1.54, 1.807) is 24.3 Å². The molecule has 1 aliphatic rings. The Morgan fingerprint density at radius 3 is 2.22 bits per heavy atom. The third kappa shape index (κ3) is 5.38. The number of benzene rings is 1. The minimum absolute atomic E-state index is 0.289. The second-order valence-corrected chi connectivity index (χ2v) is 6.14. The number of esters is 2. The molecule has 0 spiro atoms. The fraction of sp³-hybridized carbons (Fsp3) is 0.579. The van der Waals surface area contributed by atoms with E-state index in [2.05, 4.69) is 0 Å². The highest BCUT2D eigenvalue weighted by molar-refractivity contribution is 6.03. The standard InChI is InChI=1S/C19H26O4/c1-2-3-13-22-18(20)16-11-7-8-12-17(16)19(21)23-14-15-9-5-4-6-10-15/h7-8,11-12,15H,2-6,9-10,13-14H2,1H3. The molecule has 0 amide bonds. The normalized spacial score (nSPS) is 15.2. The van der Waals surface area contributed by atoms with Crippen LogP contribution in [0.2, 0.25) is 0 Å². The van der Waals surface area contributed by atoms with Gasteiger partial charge in [-0.1, -0.05) is 44.7 Å². The molecule has 126 valence electrons. The minimum Gasteiger partial charge on any atom is -0.462 e. The van der Waals surface area contributed by atoms with Gasteiger partial charge in [0.15, 0.2) is 0 Å². The van der Waals surface area contributed by atoms with Gasteiger partial charge in [0.25, 0.3) is 0 Å². The van der Waals surface area contributed by atoms with Crippen LogP contribution in [0.25, 0.3) is 0 Å². The molecular formula is C19H26O4. The molecule has 0 saturated heterocycles. The number of carbonyl (C=O) groups is 2. The van der Waals surface area contributed by atoms with Crippen LogP contribution in [0.1, 0.15) is 72.6 Å². The summed E-state index contributed by atoms with van der Waals surface area (Å²) in [6.45, 7) is 2.85. The van der Waals surface area contributed by atoms with Crippen molar-refractivity contribution in [1.29, 1.82) is 0 Å². The zero-order valence-corrected chi connectivity index (χ0v) is 13.9. The van der Waals surface area contributed by atoms with E-state index in [-0.39, 0.29) is 5.56 Å². The smallest absolute Gasteiger partial charge is 0.339 e. The largest absolute Gasteiger partial charge is 0.462 e. The predicted octanol–water partition coefficient (Wildman–Crippen LogP) is 4.38. The van der Waals surface area contributed by atoms with Crippen LogP contribution in [0.4, 0.5) is 0 Å². The van der Waals surface area contributed by atoms with Crippen LogP contribution in [0.15, 0.2) is 24.3 Å². The SMILES string of the molecule is CCCCOC(=O)c1ccccc1C(=O)OCC1CCCCC1. The summed E-state index contributed by atoms with van der Waals surface area (Å²) < 4.78 is 10.6. The van der Waals surface area contributed by atoms with Crippen molar-refractivity contribution >= 4 is 11.9 Å². The summed E-state index contributed by atoms with van der Waals surface area (Å²) in [5.41, 5.74) is 0.585. The highest BCUT2D eigenvalue weighted by Crippen LogP contribution is 2.24. The third-order valence-electron chi connectivity index (χ3n) is 4.27. The number of hydrogen-bond donors (Lipinski definition) is 0. The van der Waals surface area contributed by atoms with Gasteiger partial charge in [0.05, 0.1) is 24.3 Å². The van der Waals surface area contributed by atoms with Crippen molar-refractivity contribution in [2.75, 3.05) is 13.2 Å². The van der Waals surface area contributed by atoms with Crippen LogP contribution in [0, 0.1) is 5.92 Å². The van der Waals surface area contributed by atoms with Gasteiger partial charge in [-0.15, -0.1) is 0 Å². The van der Waals surface area contributed by atoms with Crippen molar-refractivity contribution in [3.05, 3.63) is 35.4 Å². The van der Waals surface area contributed by atoms with Gasteiger partial charge in [-0.05, 0) is 37.3 Å². The van der Waals surface area contributed by atoms with Gasteiger partial charge >= 0.3 is 11.9 Å². The number of unbranched alkanes of at least 4 members (excludes halogenated alkanes) is 1. The first-order valence-corrected chi connectivity index (χ1v) is 8.65. The van der Waals surface area contributed by atoms with Crippen molar-refractivity contribution in [3.63, 3.8) is 0 Å². The van der Waals surface area contributed by atoms with Crippen LogP contribution in [0.3, 0.4) is 0 Å². The molecule has 4 heteroatoms. The lowest BCUT2D eigenvalue weighted by Gasteiger charge is -2.21. The lowest BCUT2D eigenvalue weighted by molar-refractivity contribution is 0.0390. The molecule has 0 radical (unpaired) electrons. The molecule has 1 aromatic rings. The Balaban J connectivity index is 1.94. The molecule has 4 nitrogen and oxygen atoms in total. The Kier molecular flexibility index (Phi) is 7.11. The zero-order chi connectivity index (χ0) is 16.5. The molecule has 0 aliphatic heterocycles. The highest BCUT2D eigenvalue weighted by atomic mass is 16.5. The predicted molar refractivity (Wildman–Crippen MR) is 88.5 cm³/mol. The number of carbonyl (C=O) groups excluding carboxylic acids is 2. The van der Waals surface area contributed by atoms with Crippen LogP contribution in [-0.2, 0) is 9.47 Å². The summed E-state index contributed by atoms with van der Waals surface area (Å²) in [7, 11) is 0. The lowest BCUT2D eigenvalue weighted by Crippen LogP contribution is -2.19. The van der Waals surface area contributed by atoms with E-state index in [0.717, 1.165) is 25.7 Å². The van der Waals surface area contributed by atoms with E-state index < -0.39 is 11.9 Å². The van der Waals surface area contributed by atoms with E-state index in [0.29, 0.717) is 24.7 Å². The number of rotatable bonds is 7. The maximum atomic E-state index is 12.3. The Morgan fingerprint density at radius 2 is 1.61 bits per heavy atom. The van der Waals surface area contributed by atoms with Crippen molar-refractivity contribution in [1.82, 2.24) is 0 Å². The molecule has 1 aromatic carbocycles. The second kappa shape index (κ2) is 9.33. The van der Waals surface area contributed by atoms with E-state index in [4.69, 9.17) is 9.47 Å². The van der Waals surface area contributed by atoms with Crippen LogP contribution >= 0.6 is 0 Å². The van der Waals surface area contributed by atoms with E-state index in [1.807, 2.05) is 6.92 Å². The quantitative estimate of drug-likeness (QED) is 0.553. The fourth-order valence-electron chi connectivity index (χ4n) is 2.85. The summed E-state index contributed by atoms with van der Waals surface area (Å²) in [5, 5.41) is 0. The molecule has 0 unspecified atom stereocenters. The number of hydrogen-bond acceptors (Lipinski definition) is 4. The summed E-state index contributed by atoms with van der Waals surface area (Å²) in [6, 6.07) is 6.71. The van der Waals surface area contributed by atoms with Crippen molar-refractivity contribution in [2.45, 2.75) is 51.9 Å². The Morgan fingerprint density at radius 1 is 1.00 bits per heavy atom. The molecule has 0 N–H and O–H groups in total. The van der Waals surface area contributed by atoms with E-state index in [1.165, 1.54) is 19.3 Å². The first-order chi connectivity index (χ1) is 11.2. The maximum Gasteiger partial charge on any atom is 0.339 e. The molecule has 0 atom stereocenters. The molecule has 1 fully saturated rings. The van der Waals surface area contributed by atoms with Gasteiger partial charge < -0.3 is 9.47 Å². The lowest BCUT2D eigenvalue weighted by atomic mass is 9.90. The van der Waals surface area contributed by atoms with Crippen molar-refractivity contribution in [3.8, 4) is 0 Å². The highest BCUT2D eigenvalue weighted by Gasteiger charge is 2.21. The molecule has 0 aromatic heterocycles. The molecule has 1 aliphatic carbocycles. The molecule has 2 rings (SSSR count). The molecule has 23 heavy (non-hydrogen) atoms. The number of ether oxygens (including phenoxy) is 2. The zero-order valence-electron chi connectivity index (χ0n) is 13.9. The fourth-order valence-corrected chi connectivity index (χ4v) is 2.85. The first kappa shape index (κ1) is 17.5. The summed E-state index contributed by atoms with van der Waals surface area (Å²) >= 11 is 0. The molecule has 1 saturated carbocycles. The van der Waals surface area contributed by atoms with Crippen LogP contribution < -0.4 is 0 Å². The Bertz CT molecular complexity index is 518. The minimum atomic E-state index is -0.455. The van der Waals surface area contributed by atoms with Gasteiger partial charge in [-0.2, -0.15) is 0 Å². The van der Waals surface area contributed by atoms with Gasteiger partial charge in [0.2, 0.25) is 0 Å². The first-order valence-electron chi connectivity index (χ1n) is 8.65. The van der Waals surface area contributed by atoms with Crippen LogP contribution in [-0.4, -0.2) is 25.2 Å². The Labute approximate surface area is 138 Å².